The molecular weight excluding hydrogens is 272 g/mol. The van der Waals surface area contributed by atoms with Gasteiger partial charge in [0.1, 0.15) is 0 Å². The van der Waals surface area contributed by atoms with Crippen molar-refractivity contribution in [1.29, 1.82) is 0 Å². The second-order valence-electron chi connectivity index (χ2n) is 6.43. The number of nitrogens with zero attached hydrogens (tertiary/aromatic N) is 1. The molecule has 1 aromatic carbocycles. The van der Waals surface area contributed by atoms with Crippen LogP contribution in [0.5, 0.6) is 0 Å². The summed E-state index contributed by atoms with van der Waals surface area (Å²) in [6, 6.07) is 9.06. The fourth-order valence-corrected chi connectivity index (χ4v) is 3.30. The van der Waals surface area contributed by atoms with Crippen LogP contribution >= 0.6 is 0 Å². The van der Waals surface area contributed by atoms with Crippen LogP contribution < -0.4 is 5.32 Å². The summed E-state index contributed by atoms with van der Waals surface area (Å²) in [5, 5.41) is 3.19. The van der Waals surface area contributed by atoms with Crippen molar-refractivity contribution in [1.82, 2.24) is 10.2 Å². The minimum Gasteiger partial charge on any atom is -0.354 e. The SMILES string of the molecule is CCC(CC)C(=O)NC[C@H](c1ccc(C)cc1)N1CCCC1. The third-order valence-electron chi connectivity index (χ3n) is 4.87. The second kappa shape index (κ2) is 8.33. The average molecular weight is 302 g/mol. The van der Waals surface area contributed by atoms with E-state index >= 15 is 0 Å². The molecule has 1 atom stereocenters. The van der Waals surface area contributed by atoms with Gasteiger partial charge in [-0.3, -0.25) is 9.69 Å². The molecule has 1 fully saturated rings. The zero-order chi connectivity index (χ0) is 15.9. The molecule has 2 rings (SSSR count). The molecule has 0 aliphatic carbocycles. The largest absolute Gasteiger partial charge is 0.354 e. The standard InChI is InChI=1S/C19H30N2O/c1-4-16(5-2)19(22)20-14-18(21-12-6-7-13-21)17-10-8-15(3)9-11-17/h8-11,16,18H,4-7,12-14H2,1-3H3,(H,20,22)/t18-/m1/s1. The van der Waals surface area contributed by atoms with Crippen LogP contribution in [0.1, 0.15) is 56.7 Å². The Bertz CT molecular complexity index is 459. The Balaban J connectivity index is 2.05. The van der Waals surface area contributed by atoms with Gasteiger partial charge in [-0.2, -0.15) is 0 Å². The van der Waals surface area contributed by atoms with Crippen molar-refractivity contribution >= 4 is 5.91 Å². The number of carbonyl (C=O) groups is 1. The van der Waals surface area contributed by atoms with E-state index in [-0.39, 0.29) is 11.8 Å². The highest BCUT2D eigenvalue weighted by Gasteiger charge is 2.24. The van der Waals surface area contributed by atoms with Crippen LogP contribution in [0.3, 0.4) is 0 Å². The van der Waals surface area contributed by atoms with Crippen molar-refractivity contribution in [2.45, 2.75) is 52.5 Å². The van der Waals surface area contributed by atoms with Crippen molar-refractivity contribution in [3.63, 3.8) is 0 Å². The molecule has 1 aromatic rings. The number of likely N-dealkylation sites (tertiary alicyclic amines) is 1. The molecule has 1 heterocycles. The molecule has 1 N–H and O–H groups in total. The lowest BCUT2D eigenvalue weighted by atomic mass is 10.0. The van der Waals surface area contributed by atoms with Crippen LogP contribution in [0.4, 0.5) is 0 Å². The van der Waals surface area contributed by atoms with E-state index in [1.165, 1.54) is 24.0 Å². The highest BCUT2D eigenvalue weighted by molar-refractivity contribution is 5.78. The van der Waals surface area contributed by atoms with Crippen LogP contribution in [0.25, 0.3) is 0 Å². The third kappa shape index (κ3) is 4.33. The van der Waals surface area contributed by atoms with Gasteiger partial charge in [0.25, 0.3) is 0 Å². The van der Waals surface area contributed by atoms with E-state index in [4.69, 9.17) is 0 Å². The van der Waals surface area contributed by atoms with Crippen LogP contribution in [-0.2, 0) is 4.79 Å². The van der Waals surface area contributed by atoms with Gasteiger partial charge in [0.15, 0.2) is 0 Å². The number of carbonyl (C=O) groups excluding carboxylic acids is 1. The lowest BCUT2D eigenvalue weighted by molar-refractivity contribution is -0.125. The molecule has 0 unspecified atom stereocenters. The molecule has 0 aromatic heterocycles. The Kier molecular flexibility index (Phi) is 6.44. The maximum atomic E-state index is 12.3. The molecule has 1 amide bonds. The molecule has 0 bridgehead atoms. The van der Waals surface area contributed by atoms with Gasteiger partial charge in [-0.25, -0.2) is 0 Å². The van der Waals surface area contributed by atoms with Gasteiger partial charge in [0.2, 0.25) is 5.91 Å². The summed E-state index contributed by atoms with van der Waals surface area (Å²) >= 11 is 0. The quantitative estimate of drug-likeness (QED) is 0.833. The Morgan fingerprint density at radius 1 is 1.14 bits per heavy atom. The Morgan fingerprint density at radius 2 is 1.73 bits per heavy atom. The Morgan fingerprint density at radius 3 is 2.27 bits per heavy atom. The number of nitrogens with one attached hydrogen (secondary N) is 1. The highest BCUT2D eigenvalue weighted by atomic mass is 16.1. The van der Waals surface area contributed by atoms with Crippen LogP contribution in [0.2, 0.25) is 0 Å². The summed E-state index contributed by atoms with van der Waals surface area (Å²) in [5.74, 6) is 0.360. The molecule has 1 aliphatic heterocycles. The van der Waals surface area contributed by atoms with Crippen LogP contribution in [-0.4, -0.2) is 30.4 Å². The van der Waals surface area contributed by atoms with Crippen LogP contribution in [0, 0.1) is 12.8 Å². The molecular formula is C19H30N2O. The zero-order valence-corrected chi connectivity index (χ0v) is 14.3. The smallest absolute Gasteiger partial charge is 0.223 e. The van der Waals surface area contributed by atoms with E-state index in [1.54, 1.807) is 0 Å². The Labute approximate surface area is 135 Å². The number of benzene rings is 1. The maximum Gasteiger partial charge on any atom is 0.223 e. The first-order valence-corrected chi connectivity index (χ1v) is 8.74. The predicted octanol–water partition coefficient (Wildman–Crippen LogP) is 3.68. The molecule has 3 nitrogen and oxygen atoms in total. The third-order valence-corrected chi connectivity index (χ3v) is 4.87. The fraction of sp³-hybridized carbons (Fsp3) is 0.632. The maximum absolute atomic E-state index is 12.3. The number of amides is 1. The minimum absolute atomic E-state index is 0.150. The minimum atomic E-state index is 0.150. The molecule has 1 aliphatic rings. The summed E-state index contributed by atoms with van der Waals surface area (Å²) in [6.45, 7) is 9.29. The van der Waals surface area contributed by atoms with Crippen molar-refractivity contribution in [2.75, 3.05) is 19.6 Å². The van der Waals surface area contributed by atoms with Crippen molar-refractivity contribution in [2.24, 2.45) is 5.92 Å². The number of rotatable bonds is 7. The molecule has 0 saturated carbocycles. The van der Waals surface area contributed by atoms with Crippen LogP contribution in [0.15, 0.2) is 24.3 Å². The van der Waals surface area contributed by atoms with Gasteiger partial charge in [0, 0.05) is 12.5 Å². The van der Waals surface area contributed by atoms with Gasteiger partial charge in [-0.1, -0.05) is 43.7 Å². The van der Waals surface area contributed by atoms with E-state index in [0.29, 0.717) is 6.04 Å². The summed E-state index contributed by atoms with van der Waals surface area (Å²) in [4.78, 5) is 14.8. The summed E-state index contributed by atoms with van der Waals surface area (Å²) in [7, 11) is 0. The molecule has 0 spiro atoms. The van der Waals surface area contributed by atoms with E-state index in [1.807, 2.05) is 0 Å². The zero-order valence-electron chi connectivity index (χ0n) is 14.3. The van der Waals surface area contributed by atoms with Gasteiger partial charge in [-0.15, -0.1) is 0 Å². The first-order chi connectivity index (χ1) is 10.7. The summed E-state index contributed by atoms with van der Waals surface area (Å²) in [5.41, 5.74) is 2.60. The summed E-state index contributed by atoms with van der Waals surface area (Å²) in [6.07, 6.45) is 4.37. The van der Waals surface area contributed by atoms with Crippen molar-refractivity contribution in [3.8, 4) is 0 Å². The number of hydrogen-bond acceptors (Lipinski definition) is 2. The average Bonchev–Trinajstić information content (AvgIpc) is 3.04. The number of hydrogen-bond donors (Lipinski definition) is 1. The lowest BCUT2D eigenvalue weighted by Gasteiger charge is -2.29. The Hall–Kier alpha value is -1.35. The lowest BCUT2D eigenvalue weighted by Crippen LogP contribution is -2.39. The van der Waals surface area contributed by atoms with E-state index in [9.17, 15) is 4.79 Å². The first kappa shape index (κ1) is 17.0. The van der Waals surface area contributed by atoms with Gasteiger partial charge < -0.3 is 5.32 Å². The van der Waals surface area contributed by atoms with Gasteiger partial charge >= 0.3 is 0 Å². The van der Waals surface area contributed by atoms with E-state index in [0.717, 1.165) is 32.5 Å². The fourth-order valence-electron chi connectivity index (χ4n) is 3.30. The second-order valence-corrected chi connectivity index (χ2v) is 6.43. The number of aryl methyl sites for hydroxylation is 1. The van der Waals surface area contributed by atoms with Crippen molar-refractivity contribution in [3.05, 3.63) is 35.4 Å². The van der Waals surface area contributed by atoms with Gasteiger partial charge in [0.05, 0.1) is 6.04 Å². The molecule has 22 heavy (non-hydrogen) atoms. The predicted molar refractivity (Wildman–Crippen MR) is 91.8 cm³/mol. The normalized spacial score (nSPS) is 16.9. The molecule has 3 heteroatoms. The monoisotopic (exact) mass is 302 g/mol. The summed E-state index contributed by atoms with van der Waals surface area (Å²) < 4.78 is 0. The van der Waals surface area contributed by atoms with Gasteiger partial charge in [-0.05, 0) is 51.3 Å². The highest BCUT2D eigenvalue weighted by Crippen LogP contribution is 2.25. The molecule has 1 saturated heterocycles. The first-order valence-electron chi connectivity index (χ1n) is 8.74. The topological polar surface area (TPSA) is 32.3 Å². The van der Waals surface area contributed by atoms with E-state index in [2.05, 4.69) is 55.3 Å². The molecule has 0 radical (unpaired) electrons. The van der Waals surface area contributed by atoms with E-state index < -0.39 is 0 Å². The molecule has 122 valence electrons. The van der Waals surface area contributed by atoms with Crippen molar-refractivity contribution < 1.29 is 4.79 Å².